The highest BCUT2D eigenvalue weighted by molar-refractivity contribution is 5.58. The molecule has 0 radical (unpaired) electrons. The monoisotopic (exact) mass is 131 g/mol. The lowest BCUT2D eigenvalue weighted by Gasteiger charge is -2.16. The smallest absolute Gasteiger partial charge is 0.139 e. The van der Waals surface area contributed by atoms with E-state index in [4.69, 9.17) is 10.8 Å². The molecule has 2 atom stereocenters. The van der Waals surface area contributed by atoms with Gasteiger partial charge in [0.05, 0.1) is 12.1 Å². The predicted octanol–water partition coefficient (Wildman–Crippen LogP) is -0.471. The van der Waals surface area contributed by atoms with Gasteiger partial charge in [0.25, 0.3) is 0 Å². The standard InChI is InChI=1S/C6H13NO2/c1-4(2)6(9)5(7)3-8/h3-6,9H,7H2,1-2H3/t5-,6?/m1/s1. The van der Waals surface area contributed by atoms with Gasteiger partial charge in [0.15, 0.2) is 0 Å². The van der Waals surface area contributed by atoms with E-state index in [1.165, 1.54) is 0 Å². The minimum Gasteiger partial charge on any atom is -0.391 e. The summed E-state index contributed by atoms with van der Waals surface area (Å²) in [4.78, 5) is 9.97. The fourth-order valence-electron chi connectivity index (χ4n) is 0.525. The van der Waals surface area contributed by atoms with E-state index in [0.717, 1.165) is 0 Å². The van der Waals surface area contributed by atoms with E-state index in [1.54, 1.807) is 0 Å². The number of aldehydes is 1. The molecule has 54 valence electrons. The van der Waals surface area contributed by atoms with E-state index in [1.807, 2.05) is 13.8 Å². The lowest BCUT2D eigenvalue weighted by molar-refractivity contribution is -0.111. The van der Waals surface area contributed by atoms with E-state index < -0.39 is 12.1 Å². The van der Waals surface area contributed by atoms with Gasteiger partial charge >= 0.3 is 0 Å². The van der Waals surface area contributed by atoms with Crippen molar-refractivity contribution >= 4 is 6.29 Å². The summed E-state index contributed by atoms with van der Waals surface area (Å²) in [5.41, 5.74) is 5.20. The molecule has 0 amide bonds. The van der Waals surface area contributed by atoms with Crippen molar-refractivity contribution in [3.8, 4) is 0 Å². The van der Waals surface area contributed by atoms with Crippen LogP contribution in [0.3, 0.4) is 0 Å². The van der Waals surface area contributed by atoms with Crippen LogP contribution in [0.2, 0.25) is 0 Å². The number of aliphatic hydroxyl groups excluding tert-OH is 1. The lowest BCUT2D eigenvalue weighted by Crippen LogP contribution is -2.39. The molecule has 0 spiro atoms. The van der Waals surface area contributed by atoms with E-state index in [2.05, 4.69) is 0 Å². The van der Waals surface area contributed by atoms with Crippen LogP contribution in [0.5, 0.6) is 0 Å². The number of aliphatic hydroxyl groups is 1. The van der Waals surface area contributed by atoms with Gasteiger partial charge in [-0.2, -0.15) is 0 Å². The lowest BCUT2D eigenvalue weighted by atomic mass is 10.0. The molecule has 0 fully saturated rings. The Morgan fingerprint density at radius 1 is 1.56 bits per heavy atom. The van der Waals surface area contributed by atoms with Crippen molar-refractivity contribution in [2.45, 2.75) is 26.0 Å². The van der Waals surface area contributed by atoms with E-state index in [0.29, 0.717) is 6.29 Å². The molecule has 0 aromatic rings. The topological polar surface area (TPSA) is 63.3 Å². The Hall–Kier alpha value is -0.410. The van der Waals surface area contributed by atoms with Gasteiger partial charge in [-0.05, 0) is 5.92 Å². The predicted molar refractivity (Wildman–Crippen MR) is 34.9 cm³/mol. The van der Waals surface area contributed by atoms with Gasteiger partial charge < -0.3 is 15.6 Å². The van der Waals surface area contributed by atoms with Crippen LogP contribution in [0.4, 0.5) is 0 Å². The molecule has 3 heteroatoms. The van der Waals surface area contributed by atoms with Crippen LogP contribution < -0.4 is 5.73 Å². The normalized spacial score (nSPS) is 17.4. The van der Waals surface area contributed by atoms with Crippen LogP contribution in [0, 0.1) is 5.92 Å². The van der Waals surface area contributed by atoms with Gasteiger partial charge in [-0.15, -0.1) is 0 Å². The number of carbonyl (C=O) groups excluding carboxylic acids is 1. The molecule has 0 aromatic heterocycles. The Labute approximate surface area is 54.9 Å². The zero-order valence-corrected chi connectivity index (χ0v) is 5.74. The van der Waals surface area contributed by atoms with E-state index >= 15 is 0 Å². The second-order valence-electron chi connectivity index (χ2n) is 2.45. The Kier molecular flexibility index (Phi) is 3.42. The van der Waals surface area contributed by atoms with E-state index in [9.17, 15) is 4.79 Å². The molecule has 0 aliphatic heterocycles. The first kappa shape index (κ1) is 8.59. The Morgan fingerprint density at radius 2 is 2.00 bits per heavy atom. The van der Waals surface area contributed by atoms with Gasteiger partial charge in [0, 0.05) is 0 Å². The largest absolute Gasteiger partial charge is 0.391 e. The highest BCUT2D eigenvalue weighted by Crippen LogP contribution is 2.01. The van der Waals surface area contributed by atoms with Gasteiger partial charge in [0.1, 0.15) is 6.29 Å². The molecule has 9 heavy (non-hydrogen) atoms. The van der Waals surface area contributed by atoms with Gasteiger partial charge in [-0.25, -0.2) is 0 Å². The van der Waals surface area contributed by atoms with Crippen LogP contribution in [-0.2, 0) is 4.79 Å². The number of nitrogens with two attached hydrogens (primary N) is 1. The summed E-state index contributed by atoms with van der Waals surface area (Å²) in [6.07, 6.45) is -0.146. The van der Waals surface area contributed by atoms with Gasteiger partial charge in [-0.3, -0.25) is 0 Å². The minimum atomic E-state index is -0.731. The molecule has 0 rings (SSSR count). The first-order chi connectivity index (χ1) is 4.09. The van der Waals surface area contributed by atoms with Crippen LogP contribution in [0.25, 0.3) is 0 Å². The van der Waals surface area contributed by atoms with Crippen molar-refractivity contribution in [1.29, 1.82) is 0 Å². The maximum absolute atomic E-state index is 9.97. The van der Waals surface area contributed by atoms with Crippen molar-refractivity contribution < 1.29 is 9.90 Å². The quantitative estimate of drug-likeness (QED) is 0.509. The fourth-order valence-corrected chi connectivity index (χ4v) is 0.525. The molecule has 0 saturated heterocycles. The summed E-state index contributed by atoms with van der Waals surface area (Å²) in [6, 6.07) is -0.731. The minimum absolute atomic E-state index is 0.0465. The summed E-state index contributed by atoms with van der Waals surface area (Å²) in [7, 11) is 0. The molecule has 0 heterocycles. The zero-order chi connectivity index (χ0) is 7.44. The Bertz CT molecular complexity index is 93.1. The molecule has 3 N–H and O–H groups in total. The second kappa shape index (κ2) is 3.58. The maximum Gasteiger partial charge on any atom is 0.139 e. The van der Waals surface area contributed by atoms with Crippen molar-refractivity contribution in [3.63, 3.8) is 0 Å². The number of hydrogen-bond donors (Lipinski definition) is 2. The average Bonchev–Trinajstić information content (AvgIpc) is 1.84. The first-order valence-corrected chi connectivity index (χ1v) is 2.98. The summed E-state index contributed by atoms with van der Waals surface area (Å²) < 4.78 is 0. The highest BCUT2D eigenvalue weighted by atomic mass is 16.3. The molecule has 0 aliphatic rings. The van der Waals surface area contributed by atoms with Crippen LogP contribution in [0.15, 0.2) is 0 Å². The fraction of sp³-hybridized carbons (Fsp3) is 0.833. The molecule has 0 bridgehead atoms. The van der Waals surface area contributed by atoms with Crippen molar-refractivity contribution in [2.24, 2.45) is 11.7 Å². The van der Waals surface area contributed by atoms with Crippen molar-refractivity contribution in [2.75, 3.05) is 0 Å². The average molecular weight is 131 g/mol. The Balaban J connectivity index is 3.71. The summed E-state index contributed by atoms with van der Waals surface area (Å²) in [5, 5.41) is 9.04. The van der Waals surface area contributed by atoms with Crippen LogP contribution in [-0.4, -0.2) is 23.5 Å². The number of carbonyl (C=O) groups is 1. The SMILES string of the molecule is CC(C)C(O)[C@H](N)C=O. The maximum atomic E-state index is 9.97. The number of rotatable bonds is 3. The molecular formula is C6H13NO2. The van der Waals surface area contributed by atoms with Crippen LogP contribution >= 0.6 is 0 Å². The highest BCUT2D eigenvalue weighted by Gasteiger charge is 2.16. The van der Waals surface area contributed by atoms with Crippen molar-refractivity contribution in [1.82, 2.24) is 0 Å². The molecule has 0 aromatic carbocycles. The Morgan fingerprint density at radius 3 is 2.11 bits per heavy atom. The van der Waals surface area contributed by atoms with Gasteiger partial charge in [0.2, 0.25) is 0 Å². The molecule has 3 nitrogen and oxygen atoms in total. The summed E-state index contributed by atoms with van der Waals surface area (Å²) >= 11 is 0. The first-order valence-electron chi connectivity index (χ1n) is 2.98. The molecular weight excluding hydrogens is 118 g/mol. The third-order valence-corrected chi connectivity index (χ3v) is 1.23. The third-order valence-electron chi connectivity index (χ3n) is 1.23. The molecule has 0 aliphatic carbocycles. The van der Waals surface area contributed by atoms with E-state index in [-0.39, 0.29) is 5.92 Å². The summed E-state index contributed by atoms with van der Waals surface area (Å²) in [5.74, 6) is 0.0465. The van der Waals surface area contributed by atoms with Crippen molar-refractivity contribution in [3.05, 3.63) is 0 Å². The molecule has 0 saturated carbocycles. The second-order valence-corrected chi connectivity index (χ2v) is 2.45. The summed E-state index contributed by atoms with van der Waals surface area (Å²) in [6.45, 7) is 3.63. The number of hydrogen-bond acceptors (Lipinski definition) is 3. The van der Waals surface area contributed by atoms with Crippen LogP contribution in [0.1, 0.15) is 13.8 Å². The third kappa shape index (κ3) is 2.58. The zero-order valence-electron chi connectivity index (χ0n) is 5.74. The van der Waals surface area contributed by atoms with Gasteiger partial charge in [-0.1, -0.05) is 13.8 Å². The molecule has 1 unspecified atom stereocenters.